The van der Waals surface area contributed by atoms with Gasteiger partial charge in [-0.2, -0.15) is 18.4 Å². The molecule has 1 fully saturated rings. The van der Waals surface area contributed by atoms with Gasteiger partial charge in [0.1, 0.15) is 6.07 Å². The minimum absolute atomic E-state index is 0.0396. The van der Waals surface area contributed by atoms with Crippen molar-refractivity contribution in [3.05, 3.63) is 29.3 Å². The summed E-state index contributed by atoms with van der Waals surface area (Å²) in [4.78, 5) is 0. The molecule has 1 saturated carbocycles. The summed E-state index contributed by atoms with van der Waals surface area (Å²) in [6.45, 7) is 2.80. The first-order valence-corrected chi connectivity index (χ1v) is 6.27. The van der Waals surface area contributed by atoms with E-state index in [0.717, 1.165) is 12.1 Å². The Morgan fingerprint density at radius 3 is 2.63 bits per heavy atom. The van der Waals surface area contributed by atoms with E-state index in [1.165, 1.54) is 18.9 Å². The largest absolute Gasteiger partial charge is 0.416 e. The van der Waals surface area contributed by atoms with Gasteiger partial charge in [-0.25, -0.2) is 0 Å². The summed E-state index contributed by atoms with van der Waals surface area (Å²) in [6.07, 6.45) is -1.96. The maximum Gasteiger partial charge on any atom is 0.416 e. The average Bonchev–Trinajstić information content (AvgIpc) is 3.18. The van der Waals surface area contributed by atoms with E-state index in [4.69, 9.17) is 5.26 Å². The number of halogens is 3. The Morgan fingerprint density at radius 2 is 2.11 bits per heavy atom. The van der Waals surface area contributed by atoms with Gasteiger partial charge in [-0.15, -0.1) is 0 Å². The molecule has 0 spiro atoms. The smallest absolute Gasteiger partial charge is 0.384 e. The van der Waals surface area contributed by atoms with Crippen LogP contribution in [0.5, 0.6) is 0 Å². The molecule has 1 N–H and O–H groups in total. The van der Waals surface area contributed by atoms with Crippen LogP contribution in [0.4, 0.5) is 18.9 Å². The van der Waals surface area contributed by atoms with Crippen LogP contribution in [-0.2, 0) is 6.18 Å². The third-order valence-electron chi connectivity index (χ3n) is 3.51. The van der Waals surface area contributed by atoms with E-state index < -0.39 is 11.7 Å². The van der Waals surface area contributed by atoms with Crippen molar-refractivity contribution in [2.75, 3.05) is 11.9 Å². The van der Waals surface area contributed by atoms with Gasteiger partial charge in [0.2, 0.25) is 0 Å². The van der Waals surface area contributed by atoms with E-state index in [0.29, 0.717) is 24.1 Å². The monoisotopic (exact) mass is 268 g/mol. The number of alkyl halides is 3. The first-order chi connectivity index (χ1) is 8.91. The lowest BCUT2D eigenvalue weighted by Crippen LogP contribution is -2.14. The Kier molecular flexibility index (Phi) is 3.70. The highest BCUT2D eigenvalue weighted by Crippen LogP contribution is 2.37. The Bertz CT molecular complexity index is 498. The lowest BCUT2D eigenvalue weighted by atomic mass is 10.1. The minimum Gasteiger partial charge on any atom is -0.384 e. The Labute approximate surface area is 110 Å². The number of nitriles is 1. The van der Waals surface area contributed by atoms with Gasteiger partial charge in [0.05, 0.1) is 16.8 Å². The van der Waals surface area contributed by atoms with Crippen molar-refractivity contribution in [3.8, 4) is 6.07 Å². The van der Waals surface area contributed by atoms with Crippen molar-refractivity contribution in [1.29, 1.82) is 5.26 Å². The molecular weight excluding hydrogens is 253 g/mol. The van der Waals surface area contributed by atoms with E-state index in [1.807, 2.05) is 6.07 Å². The van der Waals surface area contributed by atoms with Crippen molar-refractivity contribution >= 4 is 5.69 Å². The summed E-state index contributed by atoms with van der Waals surface area (Å²) in [7, 11) is 0. The summed E-state index contributed by atoms with van der Waals surface area (Å²) in [6, 6.07) is 5.05. The molecule has 2 rings (SSSR count). The summed E-state index contributed by atoms with van der Waals surface area (Å²) < 4.78 is 37.6. The molecule has 102 valence electrons. The van der Waals surface area contributed by atoms with E-state index in [2.05, 4.69) is 12.2 Å². The van der Waals surface area contributed by atoms with Gasteiger partial charge in [0.15, 0.2) is 0 Å². The average molecular weight is 268 g/mol. The normalized spacial score (nSPS) is 16.8. The lowest BCUT2D eigenvalue weighted by Gasteiger charge is -2.15. The first kappa shape index (κ1) is 13.7. The van der Waals surface area contributed by atoms with Gasteiger partial charge in [0, 0.05) is 6.54 Å². The maximum atomic E-state index is 12.5. The van der Waals surface area contributed by atoms with Crippen LogP contribution < -0.4 is 5.32 Å². The molecule has 1 unspecified atom stereocenters. The Morgan fingerprint density at radius 1 is 1.42 bits per heavy atom. The fraction of sp³-hybridized carbons (Fsp3) is 0.500. The third-order valence-corrected chi connectivity index (χ3v) is 3.51. The molecule has 5 heteroatoms. The molecule has 19 heavy (non-hydrogen) atoms. The van der Waals surface area contributed by atoms with Gasteiger partial charge in [0.25, 0.3) is 0 Å². The molecule has 0 aliphatic heterocycles. The molecule has 1 aromatic carbocycles. The third kappa shape index (κ3) is 3.40. The van der Waals surface area contributed by atoms with Gasteiger partial charge < -0.3 is 5.32 Å². The summed E-state index contributed by atoms with van der Waals surface area (Å²) in [5.74, 6) is 1.20. The number of hydrogen-bond donors (Lipinski definition) is 1. The predicted octanol–water partition coefficient (Wildman–Crippen LogP) is 4.04. The van der Waals surface area contributed by atoms with Crippen LogP contribution >= 0.6 is 0 Å². The molecule has 0 saturated heterocycles. The number of benzene rings is 1. The van der Waals surface area contributed by atoms with E-state index in [1.54, 1.807) is 0 Å². The van der Waals surface area contributed by atoms with Gasteiger partial charge >= 0.3 is 6.18 Å². The summed E-state index contributed by atoms with van der Waals surface area (Å²) in [5, 5.41) is 12.0. The van der Waals surface area contributed by atoms with Crippen LogP contribution in [0, 0.1) is 23.2 Å². The summed E-state index contributed by atoms with van der Waals surface area (Å²) in [5.41, 5.74) is -0.273. The minimum atomic E-state index is -4.41. The van der Waals surface area contributed by atoms with Crippen LogP contribution in [0.1, 0.15) is 30.9 Å². The fourth-order valence-corrected chi connectivity index (χ4v) is 2.07. The molecule has 0 aromatic heterocycles. The zero-order valence-corrected chi connectivity index (χ0v) is 10.6. The summed E-state index contributed by atoms with van der Waals surface area (Å²) >= 11 is 0. The molecule has 0 radical (unpaired) electrons. The zero-order chi connectivity index (χ0) is 14.0. The van der Waals surface area contributed by atoms with E-state index in [-0.39, 0.29) is 5.56 Å². The van der Waals surface area contributed by atoms with Crippen LogP contribution in [0.3, 0.4) is 0 Å². The standard InChI is InChI=1S/C14H15F3N2/c1-9(10-2-3-10)8-19-13-5-4-12(14(15,16)17)6-11(13)7-18/h4-6,9-10,19H,2-3,8H2,1H3. The maximum absolute atomic E-state index is 12.5. The Hall–Kier alpha value is -1.70. The molecule has 2 nitrogen and oxygen atoms in total. The number of anilines is 1. The van der Waals surface area contributed by atoms with Crippen molar-refractivity contribution in [3.63, 3.8) is 0 Å². The quantitative estimate of drug-likeness (QED) is 0.894. The predicted molar refractivity (Wildman–Crippen MR) is 66.5 cm³/mol. The van der Waals surface area contributed by atoms with E-state index in [9.17, 15) is 13.2 Å². The fourth-order valence-electron chi connectivity index (χ4n) is 2.07. The van der Waals surface area contributed by atoms with Crippen LogP contribution in [0.2, 0.25) is 0 Å². The Balaban J connectivity index is 2.10. The number of nitrogens with one attached hydrogen (secondary N) is 1. The van der Waals surface area contributed by atoms with Gasteiger partial charge in [-0.05, 0) is 42.9 Å². The molecule has 1 aliphatic rings. The molecule has 0 heterocycles. The van der Waals surface area contributed by atoms with Crippen molar-refractivity contribution in [2.24, 2.45) is 11.8 Å². The van der Waals surface area contributed by atoms with Crippen LogP contribution in [-0.4, -0.2) is 6.54 Å². The lowest BCUT2D eigenvalue weighted by molar-refractivity contribution is -0.137. The SMILES string of the molecule is CC(CNc1ccc(C(F)(F)F)cc1C#N)C1CC1. The molecule has 0 amide bonds. The zero-order valence-electron chi connectivity index (χ0n) is 10.6. The second-order valence-electron chi connectivity index (χ2n) is 5.07. The van der Waals surface area contributed by atoms with Crippen molar-refractivity contribution in [2.45, 2.75) is 25.9 Å². The highest BCUT2D eigenvalue weighted by Gasteiger charge is 2.31. The molecule has 0 bridgehead atoms. The molecular formula is C14H15F3N2. The number of rotatable bonds is 4. The van der Waals surface area contributed by atoms with Crippen LogP contribution in [0.25, 0.3) is 0 Å². The molecule has 1 aliphatic carbocycles. The van der Waals surface area contributed by atoms with Crippen molar-refractivity contribution < 1.29 is 13.2 Å². The molecule has 1 atom stereocenters. The second kappa shape index (κ2) is 5.12. The number of hydrogen-bond acceptors (Lipinski definition) is 2. The van der Waals surface area contributed by atoms with Crippen molar-refractivity contribution in [1.82, 2.24) is 0 Å². The highest BCUT2D eigenvalue weighted by atomic mass is 19.4. The second-order valence-corrected chi connectivity index (χ2v) is 5.07. The topological polar surface area (TPSA) is 35.8 Å². The first-order valence-electron chi connectivity index (χ1n) is 6.27. The highest BCUT2D eigenvalue weighted by molar-refractivity contribution is 5.59. The molecule has 1 aromatic rings. The van der Waals surface area contributed by atoms with E-state index >= 15 is 0 Å². The number of nitrogens with zero attached hydrogens (tertiary/aromatic N) is 1. The van der Waals surface area contributed by atoms with Gasteiger partial charge in [-0.1, -0.05) is 6.92 Å². The van der Waals surface area contributed by atoms with Gasteiger partial charge in [-0.3, -0.25) is 0 Å². The van der Waals surface area contributed by atoms with Crippen LogP contribution in [0.15, 0.2) is 18.2 Å².